The molecule has 0 fully saturated rings. The van der Waals surface area contributed by atoms with E-state index in [0.29, 0.717) is 0 Å². The largest absolute Gasteiger partial charge is 3.00 e. The van der Waals surface area contributed by atoms with Crippen LogP contribution in [0.3, 0.4) is 0 Å². The van der Waals surface area contributed by atoms with Crippen LogP contribution >= 0.6 is 0 Å². The van der Waals surface area contributed by atoms with Crippen molar-refractivity contribution >= 4 is 99.1 Å². The number of non-ortho nitro benzene ring substituents is 2. The molecule has 323 valence electrons. The maximum absolute atomic E-state index is 12.9. The summed E-state index contributed by atoms with van der Waals surface area (Å²) in [5, 5.41) is 98.8. The number of carbonyl (C=O) groups is 1. The van der Waals surface area contributed by atoms with Crippen LogP contribution < -0.4 is 120 Å². The number of nitrogens with zero attached hydrogens (tertiary/aromatic N) is 7. The molecule has 30 heteroatoms. The molecule has 1 radical (unpaired) electrons. The number of hydrogen-bond acceptors (Lipinski definition) is 20. The SMILES string of the molecule is CC(=O)Nc1ccc2cc(S(=O)(=O)O)c(N=Nc3cc([N+](=O)[O-])ccc3[O-])c([O-])c2c1.CC([O-])=Nc1ccc2cc(S(=O)(=O)[O-])c(N=Nc3cc([N+](=O)[O-])ccc3[O-])c([O-])c2c1.[Cr+3].[Na+].[Na+].[Na+]. The number of amides is 1. The minimum atomic E-state index is -5.18. The second-order valence-corrected chi connectivity index (χ2v) is 15.1. The van der Waals surface area contributed by atoms with Crippen LogP contribution in [0.2, 0.25) is 0 Å². The molecular weight excluding hydrogens is 986 g/mol. The Labute approximate surface area is 449 Å². The Morgan fingerprint density at radius 1 is 0.636 bits per heavy atom. The molecule has 6 aromatic rings. The van der Waals surface area contributed by atoms with Gasteiger partial charge in [-0.05, 0) is 70.8 Å². The summed E-state index contributed by atoms with van der Waals surface area (Å²) >= 11 is 0. The number of nitro benzene ring substituents is 2. The van der Waals surface area contributed by atoms with Gasteiger partial charge < -0.3 is 35.4 Å². The van der Waals surface area contributed by atoms with Gasteiger partial charge in [-0.3, -0.25) is 34.6 Å². The molecule has 6 rings (SSSR count). The van der Waals surface area contributed by atoms with Crippen LogP contribution in [0, 0.1) is 20.2 Å². The second-order valence-electron chi connectivity index (χ2n) is 12.4. The van der Waals surface area contributed by atoms with E-state index in [9.17, 15) is 76.5 Å². The Morgan fingerprint density at radius 3 is 1.50 bits per heavy atom. The van der Waals surface area contributed by atoms with Crippen molar-refractivity contribution in [3.63, 3.8) is 0 Å². The van der Waals surface area contributed by atoms with Crippen molar-refractivity contribution in [2.45, 2.75) is 23.6 Å². The van der Waals surface area contributed by atoms with E-state index >= 15 is 0 Å². The molecule has 0 aromatic heterocycles. The van der Waals surface area contributed by atoms with Crippen molar-refractivity contribution in [1.29, 1.82) is 0 Å². The van der Waals surface area contributed by atoms with E-state index in [0.717, 1.165) is 48.5 Å². The average Bonchev–Trinajstić information content (AvgIpc) is 3.17. The van der Waals surface area contributed by atoms with Crippen LogP contribution in [-0.4, -0.2) is 47.6 Å². The minimum Gasteiger partial charge on any atom is -0.871 e. The number of anilines is 1. The van der Waals surface area contributed by atoms with Crippen molar-refractivity contribution in [3.8, 4) is 23.0 Å². The normalized spacial score (nSPS) is 11.4. The van der Waals surface area contributed by atoms with Gasteiger partial charge in [0.25, 0.3) is 21.5 Å². The predicted molar refractivity (Wildman–Crippen MR) is 205 cm³/mol. The first-order valence-corrected chi connectivity index (χ1v) is 19.5. The third kappa shape index (κ3) is 14.7. The summed E-state index contributed by atoms with van der Waals surface area (Å²) in [6.07, 6.45) is 0. The van der Waals surface area contributed by atoms with Gasteiger partial charge in [0, 0.05) is 36.9 Å². The van der Waals surface area contributed by atoms with E-state index in [1.807, 2.05) is 0 Å². The van der Waals surface area contributed by atoms with Crippen molar-refractivity contribution in [2.24, 2.45) is 25.4 Å². The van der Waals surface area contributed by atoms with Crippen molar-refractivity contribution < 1.29 is 172 Å². The fourth-order valence-electron chi connectivity index (χ4n) is 5.36. The zero-order chi connectivity index (χ0) is 45.8. The van der Waals surface area contributed by atoms with Gasteiger partial charge >= 0.3 is 106 Å². The molecule has 0 heterocycles. The zero-order valence-electron chi connectivity index (χ0n) is 34.5. The third-order valence-electron chi connectivity index (χ3n) is 8.03. The zero-order valence-corrected chi connectivity index (χ0v) is 43.4. The van der Waals surface area contributed by atoms with Gasteiger partial charge in [-0.25, -0.2) is 8.42 Å². The first-order chi connectivity index (χ1) is 28.9. The predicted octanol–water partition coefficient (Wildman–Crippen LogP) is -4.85. The van der Waals surface area contributed by atoms with E-state index in [4.69, 9.17) is 0 Å². The van der Waals surface area contributed by atoms with Crippen LogP contribution in [0.5, 0.6) is 23.0 Å². The molecule has 66 heavy (non-hydrogen) atoms. The molecular formula is C36H22CrN8Na3O16S2. The number of aliphatic imine (C=N–C) groups is 1. The van der Waals surface area contributed by atoms with Gasteiger partial charge in [0.05, 0.1) is 43.2 Å². The summed E-state index contributed by atoms with van der Waals surface area (Å²) < 4.78 is 68.1. The smallest absolute Gasteiger partial charge is 0.871 e. The molecule has 0 saturated heterocycles. The van der Waals surface area contributed by atoms with Crippen LogP contribution in [-0.2, 0) is 42.4 Å². The van der Waals surface area contributed by atoms with E-state index < -0.39 is 109 Å². The molecule has 1 amide bonds. The van der Waals surface area contributed by atoms with Gasteiger partial charge in [0.1, 0.15) is 15.0 Å². The van der Waals surface area contributed by atoms with Gasteiger partial charge in [0.15, 0.2) is 0 Å². The van der Waals surface area contributed by atoms with Gasteiger partial charge in [0.2, 0.25) is 5.91 Å². The fourth-order valence-corrected chi connectivity index (χ4v) is 6.65. The quantitative estimate of drug-likeness (QED) is 0.0247. The van der Waals surface area contributed by atoms with Crippen LogP contribution in [0.4, 0.5) is 45.5 Å². The number of nitro groups is 2. The van der Waals surface area contributed by atoms with Gasteiger partial charge in [-0.1, -0.05) is 47.3 Å². The van der Waals surface area contributed by atoms with Crippen molar-refractivity contribution in [2.75, 3.05) is 5.32 Å². The summed E-state index contributed by atoms with van der Waals surface area (Å²) in [6, 6.07) is 15.0. The Kier molecular flexibility index (Phi) is 21.9. The monoisotopic (exact) mass is 1010 g/mol. The summed E-state index contributed by atoms with van der Waals surface area (Å²) in [7, 11) is -10.1. The molecule has 0 atom stereocenters. The number of carbonyl (C=O) groups excluding carboxylic acids is 1. The second kappa shape index (κ2) is 24.4. The number of nitrogens with one attached hydrogen (secondary N) is 1. The fraction of sp³-hybridized carbons (Fsp3) is 0.0556. The summed E-state index contributed by atoms with van der Waals surface area (Å²) in [5.74, 6) is -4.47. The van der Waals surface area contributed by atoms with Crippen LogP contribution in [0.25, 0.3) is 21.5 Å². The van der Waals surface area contributed by atoms with E-state index in [1.165, 1.54) is 50.2 Å². The summed E-state index contributed by atoms with van der Waals surface area (Å²) in [5.41, 5.74) is -3.33. The molecule has 0 aliphatic rings. The van der Waals surface area contributed by atoms with Crippen molar-refractivity contribution in [1.82, 2.24) is 0 Å². The maximum atomic E-state index is 12.9. The van der Waals surface area contributed by atoms with E-state index in [2.05, 4.69) is 30.8 Å². The summed E-state index contributed by atoms with van der Waals surface area (Å²) in [4.78, 5) is 33.2. The summed E-state index contributed by atoms with van der Waals surface area (Å²) in [6.45, 7) is 2.44. The Balaban J connectivity index is 0.000000622. The molecule has 6 aromatic carbocycles. The van der Waals surface area contributed by atoms with Gasteiger partial charge in [-0.15, -0.1) is 10.2 Å². The molecule has 0 saturated carbocycles. The van der Waals surface area contributed by atoms with E-state index in [1.54, 1.807) is 0 Å². The standard InChI is InChI=1S/2C18H14N4O8S.Cr.3Na/c2*1-9(23)19-11-3-2-10-6-16(31(28,29)30)17(18(25)13(10)7-11)21-20-14-8-12(22(26)27)4-5-15(14)24;;;;/h2*2-8,24-25H,1H3,(H,19,23)(H,28,29,30);;;;/q;;+3;3*+1/p-6. The number of fused-ring (bicyclic) bond motifs is 2. The molecule has 24 nitrogen and oxygen atoms in total. The van der Waals surface area contributed by atoms with Crippen molar-refractivity contribution in [3.05, 3.63) is 105 Å². The van der Waals surface area contributed by atoms with Crippen LogP contribution in [0.1, 0.15) is 13.8 Å². The number of hydrogen-bond donors (Lipinski definition) is 2. The Hall–Kier alpha value is -4.67. The first kappa shape index (κ1) is 59.3. The molecule has 0 unspecified atom stereocenters. The van der Waals surface area contributed by atoms with Gasteiger partial charge in [-0.2, -0.15) is 18.6 Å². The Bertz CT molecular complexity index is 3200. The Morgan fingerprint density at radius 2 is 1.08 bits per heavy atom. The maximum Gasteiger partial charge on any atom is 3.00 e. The molecule has 0 spiro atoms. The molecule has 2 N–H and O–H groups in total. The third-order valence-corrected chi connectivity index (χ3v) is 9.74. The average molecular weight is 1010 g/mol. The number of rotatable bonds is 10. The van der Waals surface area contributed by atoms with E-state index in [-0.39, 0.29) is 139 Å². The molecule has 0 aliphatic heterocycles. The minimum absolute atomic E-state index is 0. The topological polar surface area (TPSA) is 404 Å². The van der Waals surface area contributed by atoms with Crippen LogP contribution in [0.15, 0.2) is 120 Å². The number of azo groups is 2. The molecule has 0 aliphatic carbocycles. The first-order valence-electron chi connectivity index (χ1n) is 16.7. The molecule has 0 bridgehead atoms. The number of benzene rings is 6.